The second-order valence-electron chi connectivity index (χ2n) is 9.38. The van der Waals surface area contributed by atoms with Gasteiger partial charge in [0.15, 0.2) is 0 Å². The Kier molecular flexibility index (Phi) is 7.32. The number of carbonyl (C=O) groups is 1. The Labute approximate surface area is 222 Å². The van der Waals surface area contributed by atoms with Gasteiger partial charge in [0.2, 0.25) is 17.7 Å². The van der Waals surface area contributed by atoms with Gasteiger partial charge in [-0.3, -0.25) is 4.79 Å². The monoisotopic (exact) mass is 515 g/mol. The third kappa shape index (κ3) is 5.50. The SMILES string of the molecule is CCC(=O)Nc1cccc(Oc2nc(Nc3ccc(N4CCN(C)CC4)cc3OC)nc3[nH]cc(C)c23)c1. The van der Waals surface area contributed by atoms with Gasteiger partial charge >= 0.3 is 0 Å². The summed E-state index contributed by atoms with van der Waals surface area (Å²) in [5, 5.41) is 6.95. The van der Waals surface area contributed by atoms with Crippen LogP contribution in [0.2, 0.25) is 0 Å². The predicted molar refractivity (Wildman–Crippen MR) is 150 cm³/mol. The standard InChI is InChI=1S/C28H33N7O3/c1-5-24(36)30-19-7-6-8-21(15-19)38-27-25-18(2)17-29-26(25)32-28(33-27)31-22-10-9-20(16-23(22)37-4)35-13-11-34(3)12-14-35/h6-10,15-17H,5,11-14H2,1-4H3,(H,30,36)(H2,29,31,32,33). The number of amides is 1. The number of methoxy groups -OCH3 is 1. The van der Waals surface area contributed by atoms with Crippen LogP contribution in [0, 0.1) is 6.92 Å². The maximum atomic E-state index is 11.8. The van der Waals surface area contributed by atoms with Crippen LogP contribution in [0.15, 0.2) is 48.7 Å². The lowest BCUT2D eigenvalue weighted by Gasteiger charge is -2.34. The molecule has 1 amide bonds. The molecule has 1 aliphatic heterocycles. The van der Waals surface area contributed by atoms with Gasteiger partial charge < -0.3 is 34.9 Å². The van der Waals surface area contributed by atoms with Crippen LogP contribution >= 0.6 is 0 Å². The maximum absolute atomic E-state index is 11.8. The molecule has 0 saturated carbocycles. The molecule has 0 spiro atoms. The van der Waals surface area contributed by atoms with E-state index in [1.165, 1.54) is 0 Å². The number of hydrogen-bond donors (Lipinski definition) is 3. The molecule has 4 aromatic rings. The zero-order valence-electron chi connectivity index (χ0n) is 22.2. The van der Waals surface area contributed by atoms with Crippen LogP contribution in [0.1, 0.15) is 18.9 Å². The van der Waals surface area contributed by atoms with Crippen molar-refractivity contribution in [3.05, 3.63) is 54.2 Å². The Morgan fingerprint density at radius 3 is 2.68 bits per heavy atom. The van der Waals surface area contributed by atoms with Gasteiger partial charge in [-0.2, -0.15) is 9.97 Å². The highest BCUT2D eigenvalue weighted by atomic mass is 16.5. The fourth-order valence-corrected chi connectivity index (χ4v) is 4.44. The lowest BCUT2D eigenvalue weighted by molar-refractivity contribution is -0.115. The molecule has 0 atom stereocenters. The van der Waals surface area contributed by atoms with E-state index in [1.54, 1.807) is 13.2 Å². The molecule has 3 N–H and O–H groups in total. The number of fused-ring (bicyclic) bond motifs is 1. The van der Waals surface area contributed by atoms with E-state index in [2.05, 4.69) is 43.5 Å². The van der Waals surface area contributed by atoms with E-state index in [9.17, 15) is 4.79 Å². The van der Waals surface area contributed by atoms with Gasteiger partial charge in [-0.15, -0.1) is 0 Å². The third-order valence-corrected chi connectivity index (χ3v) is 6.65. The van der Waals surface area contributed by atoms with Gasteiger partial charge in [0.25, 0.3) is 0 Å². The van der Waals surface area contributed by atoms with Crippen LogP contribution in [0.4, 0.5) is 23.0 Å². The summed E-state index contributed by atoms with van der Waals surface area (Å²) in [6, 6.07) is 13.4. The molecule has 1 fully saturated rings. The minimum Gasteiger partial charge on any atom is -0.494 e. The first-order valence-electron chi connectivity index (χ1n) is 12.8. The van der Waals surface area contributed by atoms with E-state index in [0.29, 0.717) is 41.1 Å². The molecule has 38 heavy (non-hydrogen) atoms. The number of rotatable bonds is 8. The summed E-state index contributed by atoms with van der Waals surface area (Å²) in [6.07, 6.45) is 2.27. The van der Waals surface area contributed by atoms with Crippen LogP contribution in [0.25, 0.3) is 11.0 Å². The first-order valence-corrected chi connectivity index (χ1v) is 12.8. The Balaban J connectivity index is 1.42. The van der Waals surface area contributed by atoms with Gasteiger partial charge in [-0.05, 0) is 43.8 Å². The first kappa shape index (κ1) is 25.3. The van der Waals surface area contributed by atoms with Crippen molar-refractivity contribution < 1.29 is 14.3 Å². The predicted octanol–water partition coefficient (Wildman–Crippen LogP) is 4.91. The molecule has 2 aromatic carbocycles. The summed E-state index contributed by atoms with van der Waals surface area (Å²) in [4.78, 5) is 29.1. The van der Waals surface area contributed by atoms with Crippen molar-refractivity contribution in [1.29, 1.82) is 0 Å². The number of benzene rings is 2. The number of aromatic nitrogens is 3. The number of hydrogen-bond acceptors (Lipinski definition) is 8. The second kappa shape index (κ2) is 11.0. The average molecular weight is 516 g/mol. The zero-order chi connectivity index (χ0) is 26.6. The number of nitrogens with zero attached hydrogens (tertiary/aromatic N) is 4. The summed E-state index contributed by atoms with van der Waals surface area (Å²) in [5.74, 6) is 1.97. The van der Waals surface area contributed by atoms with Crippen LogP contribution in [-0.2, 0) is 4.79 Å². The van der Waals surface area contributed by atoms with Crippen molar-refractivity contribution >= 4 is 40.0 Å². The number of carbonyl (C=O) groups excluding carboxylic acids is 1. The summed E-state index contributed by atoms with van der Waals surface area (Å²) < 4.78 is 11.9. The van der Waals surface area contributed by atoms with Crippen LogP contribution < -0.4 is 25.0 Å². The van der Waals surface area contributed by atoms with Crippen LogP contribution in [-0.4, -0.2) is 66.1 Å². The summed E-state index contributed by atoms with van der Waals surface area (Å²) in [7, 11) is 3.80. The first-order chi connectivity index (χ1) is 18.4. The van der Waals surface area contributed by atoms with Crippen molar-refractivity contribution in [3.8, 4) is 17.4 Å². The van der Waals surface area contributed by atoms with E-state index < -0.39 is 0 Å². The number of nitrogens with one attached hydrogen (secondary N) is 3. The molecule has 0 aliphatic carbocycles. The highest BCUT2D eigenvalue weighted by Crippen LogP contribution is 2.35. The maximum Gasteiger partial charge on any atom is 0.233 e. The van der Waals surface area contributed by atoms with Crippen molar-refractivity contribution in [2.45, 2.75) is 20.3 Å². The van der Waals surface area contributed by atoms with E-state index in [0.717, 1.165) is 48.5 Å². The normalized spacial score (nSPS) is 13.9. The summed E-state index contributed by atoms with van der Waals surface area (Å²) >= 11 is 0. The van der Waals surface area contributed by atoms with E-state index >= 15 is 0 Å². The lowest BCUT2D eigenvalue weighted by Crippen LogP contribution is -2.44. The lowest BCUT2D eigenvalue weighted by atomic mass is 10.2. The van der Waals surface area contributed by atoms with Crippen molar-refractivity contribution in [3.63, 3.8) is 0 Å². The second-order valence-corrected chi connectivity index (χ2v) is 9.38. The third-order valence-electron chi connectivity index (χ3n) is 6.65. The topological polar surface area (TPSA) is 108 Å². The van der Waals surface area contributed by atoms with E-state index in [4.69, 9.17) is 14.5 Å². The molecule has 10 nitrogen and oxygen atoms in total. The van der Waals surface area contributed by atoms with Gasteiger partial charge in [0.05, 0.1) is 18.2 Å². The number of likely N-dealkylation sites (N-methyl/N-ethyl adjacent to an activating group) is 1. The minimum absolute atomic E-state index is 0.0628. The Hall–Kier alpha value is -4.31. The molecular formula is C28H33N7O3. The number of piperazine rings is 1. The minimum atomic E-state index is -0.0628. The number of anilines is 4. The Morgan fingerprint density at radius 1 is 1.11 bits per heavy atom. The van der Waals surface area contributed by atoms with Crippen molar-refractivity contribution in [2.24, 2.45) is 0 Å². The molecule has 198 valence electrons. The fourth-order valence-electron chi connectivity index (χ4n) is 4.44. The molecule has 0 unspecified atom stereocenters. The smallest absolute Gasteiger partial charge is 0.233 e. The molecule has 1 saturated heterocycles. The Morgan fingerprint density at radius 2 is 1.92 bits per heavy atom. The average Bonchev–Trinajstić information content (AvgIpc) is 3.30. The molecule has 1 aliphatic rings. The van der Waals surface area contributed by atoms with E-state index in [1.807, 2.05) is 50.4 Å². The summed E-state index contributed by atoms with van der Waals surface area (Å²) in [6.45, 7) is 7.79. The van der Waals surface area contributed by atoms with Gasteiger partial charge in [0, 0.05) is 62.3 Å². The molecule has 10 heteroatoms. The summed E-state index contributed by atoms with van der Waals surface area (Å²) in [5.41, 5.74) is 4.15. The zero-order valence-corrected chi connectivity index (χ0v) is 22.2. The molecular weight excluding hydrogens is 482 g/mol. The number of aryl methyl sites for hydroxylation is 1. The molecule has 0 bridgehead atoms. The van der Waals surface area contributed by atoms with Gasteiger partial charge in [-0.25, -0.2) is 0 Å². The quantitative estimate of drug-likeness (QED) is 0.304. The van der Waals surface area contributed by atoms with Gasteiger partial charge in [0.1, 0.15) is 17.1 Å². The number of ether oxygens (including phenoxy) is 2. The Bertz CT molecular complexity index is 1440. The van der Waals surface area contributed by atoms with E-state index in [-0.39, 0.29) is 5.91 Å². The largest absolute Gasteiger partial charge is 0.494 e. The highest BCUT2D eigenvalue weighted by Gasteiger charge is 2.18. The van der Waals surface area contributed by atoms with Crippen molar-refractivity contribution in [2.75, 3.05) is 55.9 Å². The fraction of sp³-hybridized carbons (Fsp3) is 0.321. The van der Waals surface area contributed by atoms with Crippen LogP contribution in [0.5, 0.6) is 17.4 Å². The van der Waals surface area contributed by atoms with Crippen LogP contribution in [0.3, 0.4) is 0 Å². The van der Waals surface area contributed by atoms with Crippen molar-refractivity contribution in [1.82, 2.24) is 19.9 Å². The van der Waals surface area contributed by atoms with Gasteiger partial charge in [-0.1, -0.05) is 13.0 Å². The molecule has 0 radical (unpaired) electrons. The number of aromatic amines is 1. The number of H-pyrrole nitrogens is 1. The molecule has 5 rings (SSSR count). The highest BCUT2D eigenvalue weighted by molar-refractivity contribution is 5.90. The molecule has 2 aromatic heterocycles. The molecule has 3 heterocycles.